The molecule has 8 aromatic carbocycles. The molecule has 0 aliphatic heterocycles. The van der Waals surface area contributed by atoms with Crippen molar-refractivity contribution in [3.05, 3.63) is 226 Å². The largest absolute Gasteiger partial charge is 0.344 e. The Morgan fingerprint density at radius 1 is 0.273 bits per heavy atom. The fourth-order valence-corrected chi connectivity index (χ4v) is 8.72. The van der Waals surface area contributed by atoms with E-state index in [0.717, 1.165) is 12.8 Å². The van der Waals surface area contributed by atoms with Gasteiger partial charge >= 0.3 is 0 Å². The summed E-state index contributed by atoms with van der Waals surface area (Å²) in [5.41, 5.74) is 24.0. The molecule has 2 aliphatic carbocycles. The number of hydrogen-bond acceptors (Lipinski definition) is 2. The summed E-state index contributed by atoms with van der Waals surface area (Å²) in [7, 11) is 4.29. The molecule has 10 rings (SSSR count). The summed E-state index contributed by atoms with van der Waals surface area (Å²) < 4.78 is 0. The minimum absolute atomic E-state index is 1.10. The second kappa shape index (κ2) is 26.4. The second-order valence-corrected chi connectivity index (χ2v) is 15.7. The van der Waals surface area contributed by atoms with Crippen LogP contribution in [-0.4, -0.2) is 14.1 Å². The van der Waals surface area contributed by atoms with Gasteiger partial charge in [0.1, 0.15) is 0 Å². The first-order chi connectivity index (χ1) is 32.3. The molecule has 0 atom stereocenters. The van der Waals surface area contributed by atoms with Crippen molar-refractivity contribution < 1.29 is 0 Å². The van der Waals surface area contributed by atoms with Gasteiger partial charge in [0.05, 0.1) is 0 Å². The van der Waals surface area contributed by atoms with Gasteiger partial charge in [-0.25, -0.2) is 0 Å². The van der Waals surface area contributed by atoms with Crippen molar-refractivity contribution in [3.63, 3.8) is 0 Å². The van der Waals surface area contributed by atoms with E-state index in [-0.39, 0.29) is 0 Å². The maximum Gasteiger partial charge on any atom is 0.0438 e. The lowest BCUT2D eigenvalue weighted by atomic mass is 9.99. The molecule has 0 N–H and O–H groups in total. The summed E-state index contributed by atoms with van der Waals surface area (Å²) in [5.74, 6) is 0. The quantitative estimate of drug-likeness (QED) is 0.170. The van der Waals surface area contributed by atoms with Gasteiger partial charge < -0.3 is 9.80 Å². The van der Waals surface area contributed by atoms with Crippen molar-refractivity contribution in [2.24, 2.45) is 0 Å². The molecule has 0 aromatic heterocycles. The smallest absolute Gasteiger partial charge is 0.0438 e. The lowest BCUT2D eigenvalue weighted by Crippen LogP contribution is -2.12. The number of hydrogen-bond donors (Lipinski definition) is 0. The Kier molecular flexibility index (Phi) is 20.8. The highest BCUT2D eigenvalue weighted by Crippen LogP contribution is 2.38. The van der Waals surface area contributed by atoms with Gasteiger partial charge in [-0.05, 0) is 155 Å². The Morgan fingerprint density at radius 2 is 0.515 bits per heavy atom. The summed E-state index contributed by atoms with van der Waals surface area (Å²) >= 11 is 0. The number of nitrogens with zero attached hydrogens (tertiary/aromatic N) is 2. The van der Waals surface area contributed by atoms with Crippen molar-refractivity contribution in [1.82, 2.24) is 0 Å². The molecule has 0 amide bonds. The normalized spacial score (nSPS) is 10.5. The number of para-hydroxylation sites is 2. The van der Waals surface area contributed by atoms with Crippen LogP contribution in [0.4, 0.5) is 22.7 Å². The van der Waals surface area contributed by atoms with Crippen molar-refractivity contribution >= 4 is 22.7 Å². The van der Waals surface area contributed by atoms with Crippen LogP contribution in [0.25, 0.3) is 33.4 Å². The predicted molar refractivity (Wildman–Crippen MR) is 295 cm³/mol. The number of benzene rings is 8. The number of anilines is 4. The van der Waals surface area contributed by atoms with Crippen molar-refractivity contribution in [3.8, 4) is 33.4 Å². The molecular formula is C64H76N2. The lowest BCUT2D eigenvalue weighted by Gasteiger charge is -2.25. The van der Waals surface area contributed by atoms with Gasteiger partial charge in [0.25, 0.3) is 0 Å². The molecule has 0 fully saturated rings. The van der Waals surface area contributed by atoms with Crippen LogP contribution in [0.15, 0.2) is 182 Å². The van der Waals surface area contributed by atoms with E-state index in [9.17, 15) is 0 Å². The molecule has 342 valence electrons. The number of aryl methyl sites for hydroxylation is 4. The average Bonchev–Trinajstić information content (AvgIpc) is 3.95. The van der Waals surface area contributed by atoms with Gasteiger partial charge in [-0.15, -0.1) is 0 Å². The minimum atomic E-state index is 1.10. The zero-order valence-corrected chi connectivity index (χ0v) is 42.6. The third-order valence-corrected chi connectivity index (χ3v) is 11.8. The molecule has 0 heterocycles. The molecule has 2 aliphatic rings. The molecule has 66 heavy (non-hydrogen) atoms. The third-order valence-electron chi connectivity index (χ3n) is 11.8. The minimum Gasteiger partial charge on any atom is -0.344 e. The Hall–Kier alpha value is -6.64. The van der Waals surface area contributed by atoms with E-state index >= 15 is 0 Å². The predicted octanol–water partition coefficient (Wildman–Crippen LogP) is 18.7. The standard InChI is InChI=1S/C30H32N2.2C13H10.4C2H6/c1-21-11-7-9-13-27(21)31(5)29-17-15-25(19-23(29)3)26-16-18-30(24(4)20-26)32(6)28-14-10-8-12-22(28)2;2*1-3-7-12-10(5-1)9-11-6-2-4-8-13(11)12;4*1-2/h7-20H,1-6H3;2*1-8H,9H2;4*1-2H3. The maximum absolute atomic E-state index is 2.30. The van der Waals surface area contributed by atoms with Crippen LogP contribution in [0.3, 0.4) is 0 Å². The second-order valence-electron chi connectivity index (χ2n) is 15.7. The molecule has 8 aromatic rings. The first kappa shape index (κ1) is 52.0. The highest BCUT2D eigenvalue weighted by atomic mass is 15.1. The highest BCUT2D eigenvalue weighted by Gasteiger charge is 2.17. The fraction of sp³-hybridized carbons (Fsp3) is 0.250. The van der Waals surface area contributed by atoms with Gasteiger partial charge in [0.2, 0.25) is 0 Å². The van der Waals surface area contributed by atoms with E-state index in [4.69, 9.17) is 0 Å². The van der Waals surface area contributed by atoms with Crippen molar-refractivity contribution in [2.45, 2.75) is 95.9 Å². The maximum atomic E-state index is 2.30. The van der Waals surface area contributed by atoms with Gasteiger partial charge in [-0.1, -0.05) is 201 Å². The summed E-state index contributed by atoms with van der Waals surface area (Å²) in [6.07, 6.45) is 2.21. The van der Waals surface area contributed by atoms with E-state index in [1.165, 1.54) is 101 Å². The van der Waals surface area contributed by atoms with Gasteiger partial charge in [-0.2, -0.15) is 0 Å². The van der Waals surface area contributed by atoms with E-state index in [1.807, 2.05) is 55.4 Å². The van der Waals surface area contributed by atoms with Gasteiger partial charge in [0.15, 0.2) is 0 Å². The average molecular weight is 873 g/mol. The first-order valence-electron chi connectivity index (χ1n) is 24.4. The highest BCUT2D eigenvalue weighted by molar-refractivity contribution is 5.79. The van der Waals surface area contributed by atoms with Gasteiger partial charge in [-0.3, -0.25) is 0 Å². The topological polar surface area (TPSA) is 6.48 Å². The summed E-state index contributed by atoms with van der Waals surface area (Å²) in [4.78, 5) is 4.56. The van der Waals surface area contributed by atoms with Crippen molar-refractivity contribution in [2.75, 3.05) is 23.9 Å². The van der Waals surface area contributed by atoms with E-state index < -0.39 is 0 Å². The SMILES string of the molecule is CC.CC.CC.CC.Cc1ccccc1N(C)c1ccc(-c2ccc(N(C)c3ccccc3C)c(C)c2)cc1C.c1ccc2c(c1)Cc1ccccc1-2.c1ccc2c(c1)Cc1ccccc1-2. The third kappa shape index (κ3) is 12.4. The summed E-state index contributed by atoms with van der Waals surface area (Å²) in [6.45, 7) is 24.7. The Balaban J connectivity index is 0.000000229. The lowest BCUT2D eigenvalue weighted by molar-refractivity contribution is 1.16. The van der Waals surface area contributed by atoms with Crippen molar-refractivity contribution in [1.29, 1.82) is 0 Å². The molecule has 0 radical (unpaired) electrons. The van der Waals surface area contributed by atoms with Gasteiger partial charge in [0, 0.05) is 36.8 Å². The molecule has 0 unspecified atom stereocenters. The molecule has 2 nitrogen and oxygen atoms in total. The number of rotatable bonds is 5. The van der Waals surface area contributed by atoms with Crippen LogP contribution in [-0.2, 0) is 12.8 Å². The van der Waals surface area contributed by atoms with Crippen LogP contribution in [0, 0.1) is 27.7 Å². The molecule has 0 spiro atoms. The van der Waals surface area contributed by atoms with E-state index in [1.54, 1.807) is 0 Å². The van der Waals surface area contributed by atoms with Crippen LogP contribution >= 0.6 is 0 Å². The summed E-state index contributed by atoms with van der Waals surface area (Å²) in [5, 5.41) is 0. The number of fused-ring (bicyclic) bond motifs is 6. The first-order valence-corrected chi connectivity index (χ1v) is 24.4. The molecule has 0 saturated heterocycles. The van der Waals surface area contributed by atoms with Crippen LogP contribution in [0.2, 0.25) is 0 Å². The Labute approximate surface area is 400 Å². The molecule has 0 bridgehead atoms. The fourth-order valence-electron chi connectivity index (χ4n) is 8.72. The molecule has 0 saturated carbocycles. The van der Waals surface area contributed by atoms with E-state index in [0.29, 0.717) is 0 Å². The molecule has 2 heteroatoms. The zero-order valence-electron chi connectivity index (χ0n) is 42.6. The summed E-state index contributed by atoms with van der Waals surface area (Å²) in [6, 6.07) is 65.2. The molecular weight excluding hydrogens is 797 g/mol. The van der Waals surface area contributed by atoms with Crippen LogP contribution in [0.5, 0.6) is 0 Å². The van der Waals surface area contributed by atoms with Crippen LogP contribution in [0.1, 0.15) is 99.9 Å². The Bertz CT molecular complexity index is 2450. The Morgan fingerprint density at radius 3 is 0.788 bits per heavy atom. The monoisotopic (exact) mass is 873 g/mol. The zero-order chi connectivity index (χ0) is 48.2. The van der Waals surface area contributed by atoms with E-state index in [2.05, 4.69) is 234 Å². The van der Waals surface area contributed by atoms with Crippen LogP contribution < -0.4 is 9.80 Å².